The fourth-order valence-corrected chi connectivity index (χ4v) is 2.42. The third kappa shape index (κ3) is 8.59. The van der Waals surface area contributed by atoms with Gasteiger partial charge in [-0.3, -0.25) is 4.79 Å². The molecule has 0 fully saturated rings. The molecule has 88 valence electrons. The quantitative estimate of drug-likeness (QED) is 0.264. The number of amides is 1. The Kier molecular flexibility index (Phi) is 9.87. The van der Waals surface area contributed by atoms with Gasteiger partial charge in [-0.1, -0.05) is 6.92 Å². The highest BCUT2D eigenvalue weighted by atomic mass is 28.2. The van der Waals surface area contributed by atoms with Crippen LogP contribution in [0.5, 0.6) is 0 Å². The summed E-state index contributed by atoms with van der Waals surface area (Å²) in [6, 6.07) is 0. The second kappa shape index (κ2) is 10.1. The molecule has 1 unspecified atom stereocenters. The Morgan fingerprint density at radius 2 is 1.93 bits per heavy atom. The van der Waals surface area contributed by atoms with Crippen LogP contribution in [0.25, 0.3) is 0 Å². The van der Waals surface area contributed by atoms with Gasteiger partial charge >= 0.3 is 0 Å². The van der Waals surface area contributed by atoms with Crippen molar-refractivity contribution in [1.29, 1.82) is 0 Å². The minimum Gasteiger partial charge on any atom is -0.359 e. The number of carbonyl (C=O) groups is 1. The van der Waals surface area contributed by atoms with E-state index in [9.17, 15) is 4.79 Å². The second-order valence-corrected chi connectivity index (χ2v) is 4.96. The van der Waals surface area contributed by atoms with Crippen LogP contribution < -0.4 is 5.32 Å². The molecule has 0 aliphatic heterocycles. The maximum Gasteiger partial charge on any atom is 0.207 e. The molecule has 1 atom stereocenters. The van der Waals surface area contributed by atoms with E-state index in [0.29, 0.717) is 28.3 Å². The molecular formula is C10H21NO3Si. The Morgan fingerprint density at radius 1 is 1.33 bits per heavy atom. The van der Waals surface area contributed by atoms with Crippen molar-refractivity contribution in [2.45, 2.75) is 38.6 Å². The SMILES string of the molecule is CCOC(OCC)[Si]C(C)CCNC=O. The summed E-state index contributed by atoms with van der Waals surface area (Å²) in [4.78, 5) is 10.1. The van der Waals surface area contributed by atoms with Crippen molar-refractivity contribution < 1.29 is 14.3 Å². The summed E-state index contributed by atoms with van der Waals surface area (Å²) in [5.41, 5.74) is 0.514. The summed E-state index contributed by atoms with van der Waals surface area (Å²) in [5, 5.41) is 2.66. The van der Waals surface area contributed by atoms with Gasteiger partial charge < -0.3 is 14.8 Å². The van der Waals surface area contributed by atoms with E-state index in [1.54, 1.807) is 0 Å². The van der Waals surface area contributed by atoms with E-state index in [-0.39, 0.29) is 5.91 Å². The van der Waals surface area contributed by atoms with E-state index < -0.39 is 0 Å². The summed E-state index contributed by atoms with van der Waals surface area (Å²) < 4.78 is 10.9. The minimum atomic E-state index is -0.0776. The van der Waals surface area contributed by atoms with Gasteiger partial charge in [-0.05, 0) is 25.8 Å². The molecule has 0 bridgehead atoms. The minimum absolute atomic E-state index is 0.0776. The first kappa shape index (κ1) is 14.6. The highest BCUT2D eigenvalue weighted by Gasteiger charge is 2.14. The molecule has 5 heteroatoms. The molecule has 2 radical (unpaired) electrons. The number of nitrogens with one attached hydrogen (secondary N) is 1. The largest absolute Gasteiger partial charge is 0.359 e. The molecule has 0 aliphatic carbocycles. The average molecular weight is 231 g/mol. The summed E-state index contributed by atoms with van der Waals surface area (Å²) in [6.45, 7) is 8.16. The maximum atomic E-state index is 10.1. The van der Waals surface area contributed by atoms with Crippen molar-refractivity contribution in [2.75, 3.05) is 19.8 Å². The van der Waals surface area contributed by atoms with E-state index in [0.717, 1.165) is 19.4 Å². The molecular weight excluding hydrogens is 210 g/mol. The lowest BCUT2D eigenvalue weighted by Gasteiger charge is -2.19. The van der Waals surface area contributed by atoms with Crippen LogP contribution in [0.1, 0.15) is 27.2 Å². The van der Waals surface area contributed by atoms with Gasteiger partial charge in [0.15, 0.2) is 0 Å². The van der Waals surface area contributed by atoms with Gasteiger partial charge in [0.1, 0.15) is 15.4 Å². The van der Waals surface area contributed by atoms with Crippen LogP contribution in [0.4, 0.5) is 0 Å². The molecule has 0 aromatic carbocycles. The summed E-state index contributed by atoms with van der Waals surface area (Å²) in [6.07, 6.45) is 1.70. The second-order valence-electron chi connectivity index (χ2n) is 3.17. The van der Waals surface area contributed by atoms with Crippen molar-refractivity contribution in [3.05, 3.63) is 0 Å². The smallest absolute Gasteiger partial charge is 0.207 e. The molecule has 0 saturated heterocycles. The Balaban J connectivity index is 3.66. The molecule has 1 amide bonds. The summed E-state index contributed by atoms with van der Waals surface area (Å²) >= 11 is 0. The Hall–Kier alpha value is -0.393. The fraction of sp³-hybridized carbons (Fsp3) is 0.900. The molecule has 0 aliphatic rings. The molecule has 0 spiro atoms. The van der Waals surface area contributed by atoms with Crippen LogP contribution in [-0.2, 0) is 14.3 Å². The molecule has 0 aromatic heterocycles. The monoisotopic (exact) mass is 231 g/mol. The van der Waals surface area contributed by atoms with Gasteiger partial charge in [0, 0.05) is 19.8 Å². The van der Waals surface area contributed by atoms with Crippen LogP contribution in [0, 0.1) is 0 Å². The fourth-order valence-electron chi connectivity index (χ4n) is 1.12. The first-order chi connectivity index (χ1) is 7.24. The van der Waals surface area contributed by atoms with Crippen molar-refractivity contribution in [3.8, 4) is 0 Å². The highest BCUT2D eigenvalue weighted by molar-refractivity contribution is 6.38. The van der Waals surface area contributed by atoms with Gasteiger partial charge in [-0.25, -0.2) is 0 Å². The third-order valence-corrected chi connectivity index (χ3v) is 3.32. The van der Waals surface area contributed by atoms with Crippen LogP contribution in [-0.4, -0.2) is 41.6 Å². The first-order valence-electron chi connectivity index (χ1n) is 5.40. The number of hydrogen-bond donors (Lipinski definition) is 1. The highest BCUT2D eigenvalue weighted by Crippen LogP contribution is 2.10. The number of carbonyl (C=O) groups excluding carboxylic acids is 1. The van der Waals surface area contributed by atoms with E-state index in [4.69, 9.17) is 9.47 Å². The lowest BCUT2D eigenvalue weighted by Crippen LogP contribution is -2.28. The molecule has 0 saturated carbocycles. The standard InChI is InChI=1S/C10H21NO3Si/c1-4-13-10(14-5-2)15-9(3)6-7-11-8-12/h8-10H,4-7H2,1-3H3,(H,11,12). The van der Waals surface area contributed by atoms with E-state index in [1.165, 1.54) is 0 Å². The van der Waals surface area contributed by atoms with Crippen molar-refractivity contribution >= 4 is 15.9 Å². The molecule has 0 heterocycles. The molecule has 0 aromatic rings. The Labute approximate surface area is 94.5 Å². The zero-order chi connectivity index (χ0) is 11.5. The lowest BCUT2D eigenvalue weighted by molar-refractivity contribution is -0.109. The zero-order valence-electron chi connectivity index (χ0n) is 9.79. The summed E-state index contributed by atoms with van der Waals surface area (Å²) in [7, 11) is 0.622. The molecule has 4 nitrogen and oxygen atoms in total. The van der Waals surface area contributed by atoms with Crippen LogP contribution in [0.3, 0.4) is 0 Å². The third-order valence-electron chi connectivity index (χ3n) is 1.86. The first-order valence-corrected chi connectivity index (χ1v) is 6.56. The van der Waals surface area contributed by atoms with Gasteiger partial charge in [0.2, 0.25) is 6.41 Å². The summed E-state index contributed by atoms with van der Waals surface area (Å²) in [5.74, 6) is -0.0776. The van der Waals surface area contributed by atoms with Gasteiger partial charge in [0.25, 0.3) is 0 Å². The normalized spacial score (nSPS) is 12.8. The van der Waals surface area contributed by atoms with Gasteiger partial charge in [0.05, 0.1) is 0 Å². The van der Waals surface area contributed by atoms with Crippen LogP contribution in [0.15, 0.2) is 0 Å². The predicted octanol–water partition coefficient (Wildman–Crippen LogP) is 0.992. The number of hydrogen-bond acceptors (Lipinski definition) is 3. The van der Waals surface area contributed by atoms with Gasteiger partial charge in [-0.2, -0.15) is 0 Å². The Bertz CT molecular complexity index is 152. The number of ether oxygens (including phenoxy) is 2. The number of rotatable bonds is 10. The molecule has 15 heavy (non-hydrogen) atoms. The van der Waals surface area contributed by atoms with Crippen molar-refractivity contribution in [2.24, 2.45) is 0 Å². The van der Waals surface area contributed by atoms with Crippen molar-refractivity contribution in [3.63, 3.8) is 0 Å². The zero-order valence-corrected chi connectivity index (χ0v) is 10.8. The maximum absolute atomic E-state index is 10.1. The van der Waals surface area contributed by atoms with E-state index in [2.05, 4.69) is 12.2 Å². The molecule has 1 N–H and O–H groups in total. The predicted molar refractivity (Wildman–Crippen MR) is 60.9 cm³/mol. The lowest BCUT2D eigenvalue weighted by atomic mass is 10.3. The van der Waals surface area contributed by atoms with E-state index >= 15 is 0 Å². The van der Waals surface area contributed by atoms with Crippen LogP contribution in [0.2, 0.25) is 5.54 Å². The van der Waals surface area contributed by atoms with Crippen molar-refractivity contribution in [1.82, 2.24) is 5.32 Å². The average Bonchev–Trinajstić information content (AvgIpc) is 2.19. The topological polar surface area (TPSA) is 47.6 Å². The Morgan fingerprint density at radius 3 is 2.40 bits per heavy atom. The van der Waals surface area contributed by atoms with Gasteiger partial charge in [-0.15, -0.1) is 0 Å². The van der Waals surface area contributed by atoms with Crippen LogP contribution >= 0.6 is 0 Å². The van der Waals surface area contributed by atoms with E-state index in [1.807, 2.05) is 13.8 Å². The molecule has 0 rings (SSSR count).